The van der Waals surface area contributed by atoms with Crippen LogP contribution >= 0.6 is 0 Å². The first-order chi connectivity index (χ1) is 24.1. The average Bonchev–Trinajstić information content (AvgIpc) is 3.18. The van der Waals surface area contributed by atoms with Gasteiger partial charge in [-0.25, -0.2) is 0 Å². The van der Waals surface area contributed by atoms with Crippen LogP contribution in [-0.4, -0.2) is 0 Å². The molecule has 0 bridgehead atoms. The molecule has 0 spiro atoms. The number of nitrogens with zero attached hydrogens (tertiary/aromatic N) is 1. The minimum atomic E-state index is 0.387. The van der Waals surface area contributed by atoms with Crippen molar-refractivity contribution >= 4 is 27.2 Å². The van der Waals surface area contributed by atoms with Gasteiger partial charge in [-0.2, -0.15) is 5.26 Å². The van der Waals surface area contributed by atoms with E-state index in [0.717, 1.165) is 38.9 Å². The van der Waals surface area contributed by atoms with E-state index >= 15 is 0 Å². The van der Waals surface area contributed by atoms with E-state index < -0.39 is 0 Å². The van der Waals surface area contributed by atoms with Crippen molar-refractivity contribution in [1.82, 2.24) is 0 Å². The molecule has 0 amide bonds. The van der Waals surface area contributed by atoms with Crippen LogP contribution < -0.4 is 10.5 Å². The van der Waals surface area contributed by atoms with Gasteiger partial charge in [-0.15, -0.1) is 0 Å². The smallest absolute Gasteiger partial charge is 0.143 e. The van der Waals surface area contributed by atoms with E-state index in [2.05, 4.69) is 146 Å². The van der Waals surface area contributed by atoms with Gasteiger partial charge in [0.05, 0.1) is 17.3 Å². The Balaban J connectivity index is 1.21. The SMILES string of the molecule is N#Cc1ccc(-c2ccc(-c3cc(-c4cc5ccccc5c5ccccc45)cc(OCc4ccc(-c5ccccc5)cc4)c3N)cc2)cc1. The zero-order valence-corrected chi connectivity index (χ0v) is 26.8. The van der Waals surface area contributed by atoms with Crippen LogP contribution in [0.4, 0.5) is 5.69 Å². The fourth-order valence-electron chi connectivity index (χ4n) is 6.60. The van der Waals surface area contributed by atoms with Gasteiger partial charge in [0.1, 0.15) is 12.4 Å². The van der Waals surface area contributed by atoms with Crippen molar-refractivity contribution in [2.24, 2.45) is 0 Å². The van der Waals surface area contributed by atoms with E-state index in [1.807, 2.05) is 30.3 Å². The lowest BCUT2D eigenvalue weighted by Gasteiger charge is -2.18. The second kappa shape index (κ2) is 12.9. The number of benzene rings is 8. The van der Waals surface area contributed by atoms with Gasteiger partial charge >= 0.3 is 0 Å². The number of anilines is 1. The Hall–Kier alpha value is -6.63. The molecular formula is C46H32N2O. The molecule has 3 heteroatoms. The van der Waals surface area contributed by atoms with Crippen molar-refractivity contribution in [2.75, 3.05) is 5.73 Å². The summed E-state index contributed by atoms with van der Waals surface area (Å²) in [5.74, 6) is 0.646. The number of fused-ring (bicyclic) bond motifs is 3. The van der Waals surface area contributed by atoms with Crippen LogP contribution in [0.25, 0.3) is 66.1 Å². The summed E-state index contributed by atoms with van der Waals surface area (Å²) < 4.78 is 6.56. The number of hydrogen-bond acceptors (Lipinski definition) is 3. The van der Waals surface area contributed by atoms with Gasteiger partial charge in [-0.3, -0.25) is 0 Å². The third-order valence-corrected chi connectivity index (χ3v) is 9.22. The lowest BCUT2D eigenvalue weighted by molar-refractivity contribution is 0.308. The molecule has 0 aliphatic heterocycles. The van der Waals surface area contributed by atoms with E-state index in [4.69, 9.17) is 10.5 Å². The van der Waals surface area contributed by atoms with E-state index in [-0.39, 0.29) is 0 Å². The molecule has 0 aliphatic carbocycles. The number of hydrogen-bond donors (Lipinski definition) is 1. The van der Waals surface area contributed by atoms with Crippen molar-refractivity contribution in [3.05, 3.63) is 181 Å². The first kappa shape index (κ1) is 29.8. The molecule has 2 N–H and O–H groups in total. The predicted octanol–water partition coefficient (Wildman–Crippen LogP) is 11.7. The molecular weight excluding hydrogens is 597 g/mol. The zero-order valence-electron chi connectivity index (χ0n) is 26.8. The van der Waals surface area contributed by atoms with Crippen molar-refractivity contribution < 1.29 is 4.74 Å². The predicted molar refractivity (Wildman–Crippen MR) is 203 cm³/mol. The maximum atomic E-state index is 9.21. The van der Waals surface area contributed by atoms with Crippen LogP contribution in [0.3, 0.4) is 0 Å². The molecule has 8 aromatic rings. The molecule has 8 rings (SSSR count). The molecule has 232 valence electrons. The molecule has 3 nitrogen and oxygen atoms in total. The minimum Gasteiger partial charge on any atom is -0.487 e. The molecule has 0 unspecified atom stereocenters. The summed E-state index contributed by atoms with van der Waals surface area (Å²) in [4.78, 5) is 0. The van der Waals surface area contributed by atoms with Crippen LogP contribution in [0.2, 0.25) is 0 Å². The summed E-state index contributed by atoms with van der Waals surface area (Å²) in [6.07, 6.45) is 0. The van der Waals surface area contributed by atoms with Crippen molar-refractivity contribution in [2.45, 2.75) is 6.61 Å². The minimum absolute atomic E-state index is 0.387. The number of nitrogen functional groups attached to an aromatic ring is 1. The fraction of sp³-hybridized carbons (Fsp3) is 0.0217. The van der Waals surface area contributed by atoms with Crippen molar-refractivity contribution in [3.63, 3.8) is 0 Å². The Morgan fingerprint density at radius 3 is 1.71 bits per heavy atom. The third kappa shape index (κ3) is 5.89. The van der Waals surface area contributed by atoms with Gasteiger partial charge in [0.2, 0.25) is 0 Å². The van der Waals surface area contributed by atoms with Crippen LogP contribution in [0.1, 0.15) is 11.1 Å². The molecule has 0 aromatic heterocycles. The summed E-state index contributed by atoms with van der Waals surface area (Å²) in [5.41, 5.74) is 17.8. The topological polar surface area (TPSA) is 59.0 Å². The van der Waals surface area contributed by atoms with Crippen molar-refractivity contribution in [1.29, 1.82) is 5.26 Å². The van der Waals surface area contributed by atoms with Crippen LogP contribution in [0.15, 0.2) is 170 Å². The second-order valence-corrected chi connectivity index (χ2v) is 12.2. The first-order valence-electron chi connectivity index (χ1n) is 16.4. The van der Waals surface area contributed by atoms with Gasteiger partial charge in [0.25, 0.3) is 0 Å². The highest BCUT2D eigenvalue weighted by molar-refractivity contribution is 6.14. The Kier molecular flexibility index (Phi) is 7.82. The third-order valence-electron chi connectivity index (χ3n) is 9.22. The fourth-order valence-corrected chi connectivity index (χ4v) is 6.60. The molecule has 0 heterocycles. The van der Waals surface area contributed by atoms with Gasteiger partial charge in [-0.1, -0.05) is 140 Å². The number of nitrogens with two attached hydrogens (primary N) is 1. The summed E-state index contributed by atoms with van der Waals surface area (Å²) >= 11 is 0. The highest BCUT2D eigenvalue weighted by Crippen LogP contribution is 2.42. The van der Waals surface area contributed by atoms with E-state index in [1.165, 1.54) is 32.7 Å². The second-order valence-electron chi connectivity index (χ2n) is 12.2. The Morgan fingerprint density at radius 2 is 1.02 bits per heavy atom. The van der Waals surface area contributed by atoms with Gasteiger partial charge < -0.3 is 10.5 Å². The van der Waals surface area contributed by atoms with E-state index in [9.17, 15) is 5.26 Å². The van der Waals surface area contributed by atoms with Crippen LogP contribution in [0.5, 0.6) is 5.75 Å². The normalized spacial score (nSPS) is 11.0. The largest absolute Gasteiger partial charge is 0.487 e. The summed E-state index contributed by atoms with van der Waals surface area (Å²) in [5, 5.41) is 14.0. The molecule has 0 radical (unpaired) electrons. The van der Waals surface area contributed by atoms with E-state index in [0.29, 0.717) is 23.6 Å². The highest BCUT2D eigenvalue weighted by Gasteiger charge is 2.16. The molecule has 0 atom stereocenters. The lowest BCUT2D eigenvalue weighted by Crippen LogP contribution is -2.01. The number of rotatable bonds is 7. The standard InChI is InChI=1S/C46H32N2O/c47-29-31-14-18-35(19-15-31)36-22-24-37(25-23-36)44-27-39(43-26-38-10-4-5-11-40(38)41-12-6-7-13-42(41)43)28-45(46(44)48)49-30-32-16-20-34(21-17-32)33-8-2-1-3-9-33/h1-28H,30,48H2. The lowest BCUT2D eigenvalue weighted by atomic mass is 9.90. The summed E-state index contributed by atoms with van der Waals surface area (Å²) in [6, 6.07) is 60.8. The molecule has 0 fully saturated rings. The van der Waals surface area contributed by atoms with Crippen LogP contribution in [-0.2, 0) is 6.61 Å². The summed E-state index contributed by atoms with van der Waals surface area (Å²) in [7, 11) is 0. The Labute approximate surface area is 286 Å². The van der Waals surface area contributed by atoms with E-state index in [1.54, 1.807) is 0 Å². The molecule has 0 aliphatic rings. The van der Waals surface area contributed by atoms with Crippen LogP contribution in [0, 0.1) is 11.3 Å². The van der Waals surface area contributed by atoms with Gasteiger partial charge in [0.15, 0.2) is 0 Å². The molecule has 0 saturated heterocycles. The molecule has 49 heavy (non-hydrogen) atoms. The zero-order chi connectivity index (χ0) is 33.2. The summed E-state index contributed by atoms with van der Waals surface area (Å²) in [6.45, 7) is 0.387. The van der Waals surface area contributed by atoms with Gasteiger partial charge in [0, 0.05) is 5.56 Å². The maximum absolute atomic E-state index is 9.21. The highest BCUT2D eigenvalue weighted by atomic mass is 16.5. The Morgan fingerprint density at radius 1 is 0.469 bits per heavy atom. The van der Waals surface area contributed by atoms with Gasteiger partial charge in [-0.05, 0) is 96.4 Å². The quantitative estimate of drug-likeness (QED) is 0.141. The number of nitriles is 1. The van der Waals surface area contributed by atoms with Crippen molar-refractivity contribution in [3.8, 4) is 56.3 Å². The Bertz CT molecular complexity index is 2480. The maximum Gasteiger partial charge on any atom is 0.143 e. The number of ether oxygens (including phenoxy) is 1. The first-order valence-corrected chi connectivity index (χ1v) is 16.4. The molecule has 0 saturated carbocycles. The monoisotopic (exact) mass is 628 g/mol. The molecule has 8 aromatic carbocycles. The average molecular weight is 629 g/mol.